The molecule has 1 saturated carbocycles. The van der Waals surface area contributed by atoms with Gasteiger partial charge in [-0.2, -0.15) is 5.26 Å². The number of imidazole rings is 2. The van der Waals surface area contributed by atoms with Crippen molar-refractivity contribution in [3.63, 3.8) is 0 Å². The fourth-order valence-corrected chi connectivity index (χ4v) is 8.23. The summed E-state index contributed by atoms with van der Waals surface area (Å²) in [6, 6.07) is 12.6. The number of carboxylic acid groups (broad SMARTS) is 1. The first-order chi connectivity index (χ1) is 25.0. The number of likely N-dealkylation sites (N-methyl/N-ethyl adjacent to an activating group) is 1. The average Bonchev–Trinajstić information content (AvgIpc) is 3.64. The predicted octanol–water partition coefficient (Wildman–Crippen LogP) is 5.09. The maximum Gasteiger partial charge on any atom is 0.306 e. The van der Waals surface area contributed by atoms with Crippen LogP contribution < -0.4 is 10.6 Å². The van der Waals surface area contributed by atoms with Crippen LogP contribution in [-0.2, 0) is 44.8 Å². The van der Waals surface area contributed by atoms with Gasteiger partial charge in [0.05, 0.1) is 39.3 Å². The molecule has 13 nitrogen and oxygen atoms in total. The second-order valence-electron chi connectivity index (χ2n) is 14.2. The first-order valence-corrected chi connectivity index (χ1v) is 18.1. The van der Waals surface area contributed by atoms with E-state index in [4.69, 9.17) is 16.6 Å². The van der Waals surface area contributed by atoms with Gasteiger partial charge in [0, 0.05) is 82.2 Å². The molecule has 0 radical (unpaired) electrons. The van der Waals surface area contributed by atoms with E-state index < -0.39 is 17.8 Å². The van der Waals surface area contributed by atoms with Crippen LogP contribution in [0.1, 0.15) is 75.3 Å². The molecule has 0 unspecified atom stereocenters. The lowest BCUT2D eigenvalue weighted by molar-refractivity contribution is -0.143. The first-order valence-electron chi connectivity index (χ1n) is 17.7. The zero-order valence-corrected chi connectivity index (χ0v) is 30.3. The highest BCUT2D eigenvalue weighted by Gasteiger charge is 2.31. The van der Waals surface area contributed by atoms with E-state index in [-0.39, 0.29) is 28.2 Å². The maximum atomic E-state index is 13.7. The number of rotatable bonds is 8. The SMILES string of the molecule is CN1CCc2c(nc(C(=O)Nc3cccc(-c4cccc(NC(=O)c5nc6c(n5C)CCN(CC5CCC(C(=O)O)CC5)C6)c4Cl)c3C#N)n2C)C1. The lowest BCUT2D eigenvalue weighted by atomic mass is 9.81. The van der Waals surface area contributed by atoms with E-state index in [1.807, 2.05) is 30.3 Å². The molecule has 52 heavy (non-hydrogen) atoms. The van der Waals surface area contributed by atoms with Crippen LogP contribution in [0.2, 0.25) is 5.02 Å². The standard InChI is InChI=1S/C38H42ClN9O4/c1-45-16-14-31-29(20-45)41-34(46(31)2)36(49)43-27-8-4-6-24(26(27)18-40)25-7-5-9-28(33(25)39)44-37(50)35-42-30-21-48(17-15-32(30)47(35)3)19-22-10-12-23(13-11-22)38(51)52/h4-9,22-23H,10-17,19-21H2,1-3H3,(H,43,49)(H,44,50)(H,51,52). The summed E-state index contributed by atoms with van der Waals surface area (Å²) >= 11 is 6.93. The Morgan fingerprint density at radius 3 is 2.06 bits per heavy atom. The van der Waals surface area contributed by atoms with E-state index in [9.17, 15) is 24.8 Å². The number of aromatic nitrogens is 4. The van der Waals surface area contributed by atoms with Crippen LogP contribution in [0.3, 0.4) is 0 Å². The quantitative estimate of drug-likeness (QED) is 0.225. The molecule has 270 valence electrons. The Balaban J connectivity index is 1.06. The molecule has 2 aromatic carbocycles. The molecule has 0 atom stereocenters. The van der Waals surface area contributed by atoms with Crippen molar-refractivity contribution >= 4 is 40.8 Å². The van der Waals surface area contributed by atoms with Crippen molar-refractivity contribution in [1.82, 2.24) is 28.9 Å². The molecule has 0 saturated heterocycles. The summed E-state index contributed by atoms with van der Waals surface area (Å²) in [6.45, 7) is 3.93. The molecule has 4 aromatic rings. The van der Waals surface area contributed by atoms with Crippen LogP contribution in [0.25, 0.3) is 11.1 Å². The Hall–Kier alpha value is -5.03. The summed E-state index contributed by atoms with van der Waals surface area (Å²) in [7, 11) is 5.70. The van der Waals surface area contributed by atoms with Gasteiger partial charge in [0.15, 0.2) is 11.6 Å². The van der Waals surface area contributed by atoms with Crippen molar-refractivity contribution < 1.29 is 19.5 Å². The molecule has 1 fully saturated rings. The van der Waals surface area contributed by atoms with Gasteiger partial charge in [-0.15, -0.1) is 0 Å². The summed E-state index contributed by atoms with van der Waals surface area (Å²) in [5, 5.41) is 25.7. The van der Waals surface area contributed by atoms with Crippen LogP contribution in [0.4, 0.5) is 11.4 Å². The summed E-state index contributed by atoms with van der Waals surface area (Å²) in [5.74, 6) is -0.717. The monoisotopic (exact) mass is 723 g/mol. The zero-order chi connectivity index (χ0) is 36.7. The molecule has 2 aliphatic heterocycles. The van der Waals surface area contributed by atoms with Crippen molar-refractivity contribution in [3.05, 3.63) is 81.4 Å². The molecule has 7 rings (SSSR count). The number of benzene rings is 2. The van der Waals surface area contributed by atoms with Crippen LogP contribution in [0, 0.1) is 23.2 Å². The number of halogens is 1. The van der Waals surface area contributed by atoms with Crippen molar-refractivity contribution in [1.29, 1.82) is 5.26 Å². The first kappa shape index (κ1) is 35.4. The van der Waals surface area contributed by atoms with Gasteiger partial charge in [0.2, 0.25) is 0 Å². The lowest BCUT2D eigenvalue weighted by Crippen LogP contribution is -2.36. The number of hydrogen-bond donors (Lipinski definition) is 3. The summed E-state index contributed by atoms with van der Waals surface area (Å²) < 4.78 is 3.66. The van der Waals surface area contributed by atoms with Gasteiger partial charge in [0.25, 0.3) is 11.8 Å². The minimum absolute atomic E-state index is 0.229. The number of amides is 2. The second-order valence-corrected chi connectivity index (χ2v) is 14.6. The van der Waals surface area contributed by atoms with Gasteiger partial charge in [-0.3, -0.25) is 19.3 Å². The predicted molar refractivity (Wildman–Crippen MR) is 196 cm³/mol. The van der Waals surface area contributed by atoms with Crippen molar-refractivity contribution in [2.75, 3.05) is 37.3 Å². The van der Waals surface area contributed by atoms with Gasteiger partial charge in [0.1, 0.15) is 6.07 Å². The molecule has 0 bridgehead atoms. The molecule has 2 aromatic heterocycles. The number of carbonyl (C=O) groups excluding carboxylic acids is 2. The zero-order valence-electron chi connectivity index (χ0n) is 29.6. The van der Waals surface area contributed by atoms with Crippen molar-refractivity contribution in [2.24, 2.45) is 25.9 Å². The minimum atomic E-state index is -0.692. The third-order valence-electron chi connectivity index (χ3n) is 10.9. The van der Waals surface area contributed by atoms with Gasteiger partial charge in [-0.25, -0.2) is 9.97 Å². The largest absolute Gasteiger partial charge is 0.481 e. The number of hydrogen-bond acceptors (Lipinski definition) is 8. The third-order valence-corrected chi connectivity index (χ3v) is 11.3. The highest BCUT2D eigenvalue weighted by molar-refractivity contribution is 6.36. The van der Waals surface area contributed by atoms with Crippen molar-refractivity contribution in [3.8, 4) is 17.2 Å². The van der Waals surface area contributed by atoms with E-state index in [0.717, 1.165) is 80.9 Å². The molecule has 0 spiro atoms. The molecule has 3 N–H and O–H groups in total. The normalized spacial score (nSPS) is 19.0. The van der Waals surface area contributed by atoms with E-state index in [1.54, 1.807) is 36.4 Å². The molecule has 1 aliphatic carbocycles. The maximum absolute atomic E-state index is 13.7. The van der Waals surface area contributed by atoms with E-state index in [1.165, 1.54) is 0 Å². The van der Waals surface area contributed by atoms with Crippen LogP contribution >= 0.6 is 11.6 Å². The number of carbonyl (C=O) groups is 3. The Morgan fingerprint density at radius 1 is 0.846 bits per heavy atom. The number of fused-ring (bicyclic) bond motifs is 2. The number of aliphatic carboxylic acids is 1. The summed E-state index contributed by atoms with van der Waals surface area (Å²) in [5.41, 5.74) is 5.75. The summed E-state index contributed by atoms with van der Waals surface area (Å²) in [6.07, 6.45) is 4.83. The molecule has 4 heterocycles. The van der Waals surface area contributed by atoms with E-state index >= 15 is 0 Å². The van der Waals surface area contributed by atoms with Gasteiger partial charge < -0.3 is 29.8 Å². The number of nitrogens with zero attached hydrogens (tertiary/aromatic N) is 7. The second kappa shape index (κ2) is 14.5. The lowest BCUT2D eigenvalue weighted by Gasteiger charge is -2.33. The molecule has 14 heteroatoms. The number of nitrogens with one attached hydrogen (secondary N) is 2. The highest BCUT2D eigenvalue weighted by atomic mass is 35.5. The minimum Gasteiger partial charge on any atom is -0.481 e. The Bertz CT molecular complexity index is 2110. The fraction of sp³-hybridized carbons (Fsp3) is 0.421. The summed E-state index contributed by atoms with van der Waals surface area (Å²) in [4.78, 5) is 52.3. The molecule has 2 amide bonds. The Morgan fingerprint density at radius 2 is 1.42 bits per heavy atom. The van der Waals surface area contributed by atoms with Crippen LogP contribution in [-0.4, -0.2) is 78.5 Å². The Labute approximate surface area is 307 Å². The number of anilines is 2. The molecular formula is C38H42ClN9O4. The van der Waals surface area contributed by atoms with Crippen LogP contribution in [0.15, 0.2) is 36.4 Å². The molecular weight excluding hydrogens is 682 g/mol. The van der Waals surface area contributed by atoms with Gasteiger partial charge in [-0.1, -0.05) is 35.9 Å². The van der Waals surface area contributed by atoms with Gasteiger partial charge in [-0.05, 0) is 50.8 Å². The van der Waals surface area contributed by atoms with E-state index in [0.29, 0.717) is 41.5 Å². The van der Waals surface area contributed by atoms with Crippen LogP contribution in [0.5, 0.6) is 0 Å². The molecule has 3 aliphatic rings. The van der Waals surface area contributed by atoms with Gasteiger partial charge >= 0.3 is 5.97 Å². The average molecular weight is 724 g/mol. The smallest absolute Gasteiger partial charge is 0.306 e. The number of nitriles is 1. The highest BCUT2D eigenvalue weighted by Crippen LogP contribution is 2.38. The number of carboxylic acids is 1. The Kier molecular flexibility index (Phi) is 9.89. The third kappa shape index (κ3) is 6.81. The topological polar surface area (TPSA) is 161 Å². The van der Waals surface area contributed by atoms with E-state index in [2.05, 4.69) is 31.5 Å². The fourth-order valence-electron chi connectivity index (χ4n) is 7.95. The van der Waals surface area contributed by atoms with Crippen molar-refractivity contribution in [2.45, 2.75) is 51.6 Å².